The molecule has 0 aromatic heterocycles. The van der Waals surface area contributed by atoms with Gasteiger partial charge >= 0.3 is 22.6 Å². The second-order valence-corrected chi connectivity index (χ2v) is 8.13. The van der Waals surface area contributed by atoms with Gasteiger partial charge in [0.2, 0.25) is 10.0 Å². The molecule has 2 amide bonds. The highest BCUT2D eigenvalue weighted by Gasteiger charge is 2.49. The Balaban J connectivity index is 2.10. The first-order valence-electron chi connectivity index (χ1n) is 6.61. The molecule has 2 aliphatic rings. The van der Waals surface area contributed by atoms with E-state index in [-0.39, 0.29) is 19.4 Å². The highest BCUT2D eigenvalue weighted by molar-refractivity contribution is 7.90. The molecule has 2 saturated heterocycles. The molecule has 144 valence electrons. The first kappa shape index (κ1) is 19.7. The van der Waals surface area contributed by atoms with Crippen molar-refractivity contribution in [1.82, 2.24) is 14.7 Å². The lowest BCUT2D eigenvalue weighted by atomic mass is 10.0. The zero-order valence-electron chi connectivity index (χ0n) is 12.2. The van der Waals surface area contributed by atoms with Crippen molar-refractivity contribution in [3.05, 3.63) is 0 Å². The molecule has 2 rings (SSSR count). The van der Waals surface area contributed by atoms with Crippen molar-refractivity contribution in [2.24, 2.45) is 0 Å². The largest absolute Gasteiger partial charge is 0.418 e. The lowest BCUT2D eigenvalue weighted by molar-refractivity contribution is -0.106. The highest BCUT2D eigenvalue weighted by atomic mass is 32.3. The number of nitrogens with zero attached hydrogens (tertiary/aromatic N) is 2. The Morgan fingerprint density at radius 3 is 2.44 bits per heavy atom. The number of amides is 2. The van der Waals surface area contributed by atoms with Crippen LogP contribution in [0.25, 0.3) is 0 Å². The van der Waals surface area contributed by atoms with Crippen LogP contribution in [0.5, 0.6) is 0 Å². The first-order chi connectivity index (χ1) is 11.2. The number of sulfonamides is 1. The van der Waals surface area contributed by atoms with Gasteiger partial charge in [0, 0.05) is 6.54 Å². The fourth-order valence-corrected chi connectivity index (χ4v) is 3.98. The van der Waals surface area contributed by atoms with Crippen molar-refractivity contribution in [2.75, 3.05) is 12.3 Å². The summed E-state index contributed by atoms with van der Waals surface area (Å²) in [5.74, 6) is -3.05. The van der Waals surface area contributed by atoms with Crippen molar-refractivity contribution in [3.8, 4) is 0 Å². The van der Waals surface area contributed by atoms with Gasteiger partial charge in [0.05, 0.1) is 12.1 Å². The fraction of sp³-hybridized carbons (Fsp3) is 0.778. The summed E-state index contributed by atoms with van der Waals surface area (Å²) >= 11 is 0. The highest BCUT2D eigenvalue weighted by Crippen LogP contribution is 2.31. The van der Waals surface area contributed by atoms with Gasteiger partial charge in [-0.05, 0) is 12.8 Å². The average Bonchev–Trinajstić information content (AvgIpc) is 2.59. The van der Waals surface area contributed by atoms with E-state index < -0.39 is 56.3 Å². The smallest absolute Gasteiger partial charge is 0.310 e. The van der Waals surface area contributed by atoms with Crippen LogP contribution >= 0.6 is 0 Å². The second kappa shape index (κ2) is 6.26. The number of hydrogen-bond donors (Lipinski definition) is 3. The molecule has 0 aromatic carbocycles. The lowest BCUT2D eigenvalue weighted by Crippen LogP contribution is -2.51. The third-order valence-corrected chi connectivity index (χ3v) is 5.04. The summed E-state index contributed by atoms with van der Waals surface area (Å²) in [6, 6.07) is -3.04. The average molecular weight is 410 g/mol. The third kappa shape index (κ3) is 4.93. The molecule has 0 aliphatic carbocycles. The molecule has 0 aromatic rings. The number of nitrogens with one attached hydrogen (secondary N) is 2. The number of rotatable bonds is 5. The van der Waals surface area contributed by atoms with Gasteiger partial charge in [0.15, 0.2) is 5.75 Å². The number of halogens is 3. The van der Waals surface area contributed by atoms with Gasteiger partial charge in [-0.3, -0.25) is 14.7 Å². The van der Waals surface area contributed by atoms with Gasteiger partial charge in [-0.25, -0.2) is 13.2 Å². The van der Waals surface area contributed by atoms with Gasteiger partial charge in [0.1, 0.15) is 5.84 Å². The van der Waals surface area contributed by atoms with E-state index in [2.05, 4.69) is 4.28 Å². The Bertz CT molecular complexity index is 782. The predicted molar refractivity (Wildman–Crippen MR) is 74.1 cm³/mol. The Morgan fingerprint density at radius 1 is 1.32 bits per heavy atom. The maximum atomic E-state index is 12.2. The van der Waals surface area contributed by atoms with Crippen molar-refractivity contribution in [3.63, 3.8) is 0 Å². The predicted octanol–water partition coefficient (Wildman–Crippen LogP) is -0.552. The first-order valence-corrected chi connectivity index (χ1v) is 9.63. The Kier molecular flexibility index (Phi) is 4.92. The zero-order valence-corrected chi connectivity index (χ0v) is 13.9. The van der Waals surface area contributed by atoms with Crippen LogP contribution in [0.2, 0.25) is 0 Å². The van der Waals surface area contributed by atoms with E-state index in [1.165, 1.54) is 4.72 Å². The summed E-state index contributed by atoms with van der Waals surface area (Å²) in [7, 11) is -9.86. The van der Waals surface area contributed by atoms with E-state index in [4.69, 9.17) is 9.96 Å². The van der Waals surface area contributed by atoms with Gasteiger partial charge in [-0.1, -0.05) is 0 Å². The number of carbonyl (C=O) groups is 1. The molecule has 25 heavy (non-hydrogen) atoms. The van der Waals surface area contributed by atoms with Crippen molar-refractivity contribution in [1.29, 1.82) is 5.41 Å². The normalized spacial score (nSPS) is 24.6. The van der Waals surface area contributed by atoms with Gasteiger partial charge < -0.3 is 4.90 Å². The van der Waals surface area contributed by atoms with Crippen molar-refractivity contribution < 1.29 is 43.6 Å². The van der Waals surface area contributed by atoms with E-state index in [1.807, 2.05) is 0 Å². The van der Waals surface area contributed by atoms with Crippen LogP contribution in [-0.2, 0) is 24.7 Å². The maximum Gasteiger partial charge on any atom is 0.418 e. The summed E-state index contributed by atoms with van der Waals surface area (Å²) in [5, 5.41) is 8.02. The number of piperidine rings is 1. The van der Waals surface area contributed by atoms with Crippen LogP contribution in [0, 0.1) is 5.41 Å². The molecule has 0 radical (unpaired) electrons. The molecule has 2 aliphatic heterocycles. The summed E-state index contributed by atoms with van der Waals surface area (Å²) in [5.41, 5.74) is 0. The Hall–Kier alpha value is -1.65. The number of hydroxylamine groups is 2. The summed E-state index contributed by atoms with van der Waals surface area (Å²) in [4.78, 5) is 12.9. The van der Waals surface area contributed by atoms with Crippen LogP contribution in [0.15, 0.2) is 0 Å². The quantitative estimate of drug-likeness (QED) is 0.312. The van der Waals surface area contributed by atoms with Crippen LogP contribution < -0.4 is 4.72 Å². The number of urea groups is 1. The zero-order chi connectivity index (χ0) is 19.2. The molecule has 2 heterocycles. The second-order valence-electron chi connectivity index (χ2n) is 5.40. The number of alkyl halides is 3. The molecule has 3 N–H and O–H groups in total. The summed E-state index contributed by atoms with van der Waals surface area (Å²) < 4.78 is 95.2. The number of amidine groups is 1. The van der Waals surface area contributed by atoms with Crippen LogP contribution in [0.3, 0.4) is 0 Å². The van der Waals surface area contributed by atoms with Crippen LogP contribution in [0.4, 0.5) is 18.0 Å². The molecule has 16 heteroatoms. The van der Waals surface area contributed by atoms with E-state index >= 15 is 0 Å². The number of hydrogen-bond acceptors (Lipinski definition) is 7. The SMILES string of the molecule is N=C(NS(=O)(=O)CC(F)(F)F)[C@@H]1CC[C@@H]2CN1C(=O)N2OS(=O)(=O)O. The Morgan fingerprint density at radius 2 is 1.92 bits per heavy atom. The molecule has 0 unspecified atom stereocenters. The summed E-state index contributed by atoms with van der Waals surface area (Å²) in [6.45, 7) is -0.150. The monoisotopic (exact) mass is 410 g/mol. The Labute approximate surface area is 140 Å². The molecule has 2 atom stereocenters. The molecule has 11 nitrogen and oxygen atoms in total. The van der Waals surface area contributed by atoms with Gasteiger partial charge in [-0.2, -0.15) is 26.7 Å². The maximum absolute atomic E-state index is 12.2. The molecule has 0 saturated carbocycles. The molecule has 2 bridgehead atoms. The van der Waals surface area contributed by atoms with Crippen molar-refractivity contribution in [2.45, 2.75) is 31.1 Å². The van der Waals surface area contributed by atoms with E-state index in [0.29, 0.717) is 5.06 Å². The third-order valence-electron chi connectivity index (χ3n) is 3.45. The van der Waals surface area contributed by atoms with E-state index in [9.17, 15) is 34.8 Å². The lowest BCUT2D eigenvalue weighted by Gasteiger charge is -2.30. The van der Waals surface area contributed by atoms with Crippen molar-refractivity contribution >= 4 is 32.3 Å². The minimum Gasteiger partial charge on any atom is -0.310 e. The topological polar surface area (TPSA) is 157 Å². The summed E-state index contributed by atoms with van der Waals surface area (Å²) in [6.07, 6.45) is -4.95. The molecule has 2 fully saturated rings. The minimum atomic E-state index is -5.01. The molecular formula is C9H13F3N4O7S2. The van der Waals surface area contributed by atoms with Crippen LogP contribution in [-0.4, -0.2) is 73.8 Å². The van der Waals surface area contributed by atoms with E-state index in [0.717, 1.165) is 4.90 Å². The fourth-order valence-electron chi connectivity index (χ4n) is 2.62. The molecular weight excluding hydrogens is 397 g/mol. The number of fused-ring (bicyclic) bond motifs is 2. The number of carbonyl (C=O) groups excluding carboxylic acids is 1. The van der Waals surface area contributed by atoms with Gasteiger partial charge in [-0.15, -0.1) is 4.28 Å². The van der Waals surface area contributed by atoms with Crippen LogP contribution in [0.1, 0.15) is 12.8 Å². The minimum absolute atomic E-state index is 0.0187. The molecule has 0 spiro atoms. The van der Waals surface area contributed by atoms with Gasteiger partial charge in [0.25, 0.3) is 0 Å². The van der Waals surface area contributed by atoms with E-state index in [1.54, 1.807) is 0 Å². The standard InChI is InChI=1S/C9H13F3N4O7S2/c10-9(11,12)4-24(18,19)14-7(13)6-2-1-5-3-15(6)8(17)16(5)23-25(20,21)22/h5-6H,1-4H2,(H2,13,14)(H,20,21,22)/t5-,6+/m1/s1.